The normalized spacial score (nSPS) is 39.2. The van der Waals surface area contributed by atoms with Crippen molar-refractivity contribution in [2.24, 2.45) is 23.2 Å². The van der Waals surface area contributed by atoms with E-state index in [0.717, 1.165) is 17.8 Å². The van der Waals surface area contributed by atoms with Gasteiger partial charge >= 0.3 is 0 Å². The lowest BCUT2D eigenvalue weighted by Crippen LogP contribution is -2.48. The molecule has 0 aromatic heterocycles. The zero-order valence-corrected chi connectivity index (χ0v) is 10.8. The first-order valence-electron chi connectivity index (χ1n) is 6.60. The molecular formula is C14H28. The molecule has 0 spiro atoms. The first-order valence-corrected chi connectivity index (χ1v) is 6.60. The Hall–Kier alpha value is 0. The minimum absolute atomic E-state index is 0.663. The second kappa shape index (κ2) is 4.68. The fourth-order valence-electron chi connectivity index (χ4n) is 3.53. The Balaban J connectivity index is 2.60. The highest BCUT2D eigenvalue weighted by molar-refractivity contribution is 4.98. The molecule has 0 aromatic carbocycles. The Labute approximate surface area is 90.5 Å². The van der Waals surface area contributed by atoms with E-state index in [1.54, 1.807) is 0 Å². The molecule has 14 heavy (non-hydrogen) atoms. The second-order valence-corrected chi connectivity index (χ2v) is 5.56. The summed E-state index contributed by atoms with van der Waals surface area (Å²) in [5.41, 5.74) is 0.663. The molecule has 1 aliphatic rings. The van der Waals surface area contributed by atoms with Gasteiger partial charge in [0.05, 0.1) is 0 Å². The third kappa shape index (κ3) is 1.85. The zero-order chi connectivity index (χ0) is 10.8. The second-order valence-electron chi connectivity index (χ2n) is 5.56. The molecule has 0 aromatic rings. The van der Waals surface area contributed by atoms with Crippen LogP contribution >= 0.6 is 0 Å². The lowest BCUT2D eigenvalue weighted by atomic mass is 9.49. The van der Waals surface area contributed by atoms with Crippen LogP contribution < -0.4 is 0 Å². The fourth-order valence-corrected chi connectivity index (χ4v) is 3.53. The van der Waals surface area contributed by atoms with E-state index >= 15 is 0 Å². The van der Waals surface area contributed by atoms with E-state index in [0.29, 0.717) is 5.41 Å². The van der Waals surface area contributed by atoms with Crippen LogP contribution in [0.1, 0.15) is 66.7 Å². The largest absolute Gasteiger partial charge is 0.0654 e. The maximum atomic E-state index is 2.52. The van der Waals surface area contributed by atoms with Crippen molar-refractivity contribution in [1.29, 1.82) is 0 Å². The van der Waals surface area contributed by atoms with E-state index in [1.165, 1.54) is 32.1 Å². The van der Waals surface area contributed by atoms with Gasteiger partial charge in [-0.2, -0.15) is 0 Å². The Morgan fingerprint density at radius 2 is 1.93 bits per heavy atom. The quantitative estimate of drug-likeness (QED) is 0.587. The van der Waals surface area contributed by atoms with Crippen LogP contribution in [-0.4, -0.2) is 0 Å². The maximum absolute atomic E-state index is 2.52. The van der Waals surface area contributed by atoms with Crippen molar-refractivity contribution >= 4 is 0 Å². The highest BCUT2D eigenvalue weighted by Gasteiger charge is 2.49. The Morgan fingerprint density at radius 3 is 2.29 bits per heavy atom. The van der Waals surface area contributed by atoms with E-state index in [2.05, 4.69) is 34.6 Å². The Kier molecular flexibility index (Phi) is 4.04. The zero-order valence-electron chi connectivity index (χ0n) is 10.8. The molecule has 4 atom stereocenters. The average Bonchev–Trinajstić information content (AvgIpc) is 2.21. The first-order chi connectivity index (χ1) is 6.60. The van der Waals surface area contributed by atoms with Crippen molar-refractivity contribution in [3.05, 3.63) is 0 Å². The summed E-state index contributed by atoms with van der Waals surface area (Å²) in [5.74, 6) is 2.98. The molecule has 1 saturated carbocycles. The molecule has 1 rings (SSSR count). The SMILES string of the molecule is CCCC(CC)C1CC(C)C1(C)CC. The predicted molar refractivity (Wildman–Crippen MR) is 64.4 cm³/mol. The lowest BCUT2D eigenvalue weighted by Gasteiger charge is -2.56. The van der Waals surface area contributed by atoms with Gasteiger partial charge in [0.1, 0.15) is 0 Å². The topological polar surface area (TPSA) is 0 Å². The predicted octanol–water partition coefficient (Wildman–Crippen LogP) is 4.89. The van der Waals surface area contributed by atoms with E-state index < -0.39 is 0 Å². The van der Waals surface area contributed by atoms with Crippen molar-refractivity contribution in [2.45, 2.75) is 66.7 Å². The number of rotatable bonds is 5. The molecule has 0 radical (unpaired) electrons. The van der Waals surface area contributed by atoms with Crippen molar-refractivity contribution in [2.75, 3.05) is 0 Å². The summed E-state index contributed by atoms with van der Waals surface area (Å²) < 4.78 is 0. The molecule has 0 heterocycles. The number of hydrogen-bond acceptors (Lipinski definition) is 0. The summed E-state index contributed by atoms with van der Waals surface area (Å²) in [7, 11) is 0. The van der Waals surface area contributed by atoms with Gasteiger partial charge in [0, 0.05) is 0 Å². The van der Waals surface area contributed by atoms with Gasteiger partial charge in [0.25, 0.3) is 0 Å². The highest BCUT2D eigenvalue weighted by Crippen LogP contribution is 2.57. The molecule has 1 fully saturated rings. The van der Waals surface area contributed by atoms with Gasteiger partial charge in [-0.05, 0) is 29.6 Å². The molecule has 4 unspecified atom stereocenters. The van der Waals surface area contributed by atoms with E-state index in [9.17, 15) is 0 Å². The summed E-state index contributed by atoms with van der Waals surface area (Å²) >= 11 is 0. The van der Waals surface area contributed by atoms with Crippen LogP contribution in [0.25, 0.3) is 0 Å². The molecule has 84 valence electrons. The maximum Gasteiger partial charge on any atom is -0.0272 e. The summed E-state index contributed by atoms with van der Waals surface area (Å²) in [5, 5.41) is 0. The molecule has 0 saturated heterocycles. The van der Waals surface area contributed by atoms with Crippen molar-refractivity contribution in [1.82, 2.24) is 0 Å². The third-order valence-electron chi connectivity index (χ3n) is 5.10. The lowest BCUT2D eigenvalue weighted by molar-refractivity contribution is -0.0691. The molecule has 0 nitrogen and oxygen atoms in total. The van der Waals surface area contributed by atoms with E-state index in [4.69, 9.17) is 0 Å². The minimum atomic E-state index is 0.663. The average molecular weight is 196 g/mol. The Bertz CT molecular complexity index is 173. The van der Waals surface area contributed by atoms with Gasteiger partial charge in [0.15, 0.2) is 0 Å². The fraction of sp³-hybridized carbons (Fsp3) is 1.00. The van der Waals surface area contributed by atoms with Gasteiger partial charge in [-0.15, -0.1) is 0 Å². The van der Waals surface area contributed by atoms with Gasteiger partial charge in [-0.3, -0.25) is 0 Å². The summed E-state index contributed by atoms with van der Waals surface area (Å²) in [6.45, 7) is 12.0. The molecule has 0 N–H and O–H groups in total. The van der Waals surface area contributed by atoms with Crippen LogP contribution in [0.3, 0.4) is 0 Å². The van der Waals surface area contributed by atoms with Crippen LogP contribution in [0, 0.1) is 23.2 Å². The summed E-state index contributed by atoms with van der Waals surface area (Å²) in [6.07, 6.45) is 7.06. The first kappa shape index (κ1) is 12.1. The summed E-state index contributed by atoms with van der Waals surface area (Å²) in [4.78, 5) is 0. The third-order valence-corrected chi connectivity index (χ3v) is 5.10. The van der Waals surface area contributed by atoms with Crippen LogP contribution in [0.5, 0.6) is 0 Å². The highest BCUT2D eigenvalue weighted by atomic mass is 14.5. The van der Waals surface area contributed by atoms with E-state index in [1.807, 2.05) is 0 Å². The van der Waals surface area contributed by atoms with Gasteiger partial charge in [-0.1, -0.05) is 60.3 Å². The smallest absolute Gasteiger partial charge is 0.0272 e. The molecule has 0 aliphatic heterocycles. The van der Waals surface area contributed by atoms with Crippen molar-refractivity contribution < 1.29 is 0 Å². The molecule has 0 amide bonds. The molecular weight excluding hydrogens is 168 g/mol. The molecule has 0 heteroatoms. The van der Waals surface area contributed by atoms with Gasteiger partial charge in [-0.25, -0.2) is 0 Å². The van der Waals surface area contributed by atoms with Crippen molar-refractivity contribution in [3.63, 3.8) is 0 Å². The van der Waals surface area contributed by atoms with E-state index in [-0.39, 0.29) is 0 Å². The Morgan fingerprint density at radius 1 is 1.29 bits per heavy atom. The minimum Gasteiger partial charge on any atom is -0.0654 e. The van der Waals surface area contributed by atoms with Crippen LogP contribution in [0.4, 0.5) is 0 Å². The van der Waals surface area contributed by atoms with Gasteiger partial charge in [0.2, 0.25) is 0 Å². The van der Waals surface area contributed by atoms with Crippen LogP contribution in [0.15, 0.2) is 0 Å². The van der Waals surface area contributed by atoms with Crippen molar-refractivity contribution in [3.8, 4) is 0 Å². The molecule has 0 bridgehead atoms. The standard InChI is InChI=1S/C14H28/c1-6-9-12(7-2)13-10-11(4)14(13,5)8-3/h11-13H,6-10H2,1-5H3. The number of hydrogen-bond donors (Lipinski definition) is 0. The molecule has 1 aliphatic carbocycles. The monoisotopic (exact) mass is 196 g/mol. The van der Waals surface area contributed by atoms with Gasteiger partial charge < -0.3 is 0 Å². The van der Waals surface area contributed by atoms with Crippen LogP contribution in [-0.2, 0) is 0 Å². The van der Waals surface area contributed by atoms with Crippen LogP contribution in [0.2, 0.25) is 0 Å². The summed E-state index contributed by atoms with van der Waals surface area (Å²) in [6, 6.07) is 0.